The largest absolute Gasteiger partial charge is 0.510 e. The van der Waals surface area contributed by atoms with Crippen LogP contribution in [-0.4, -0.2) is 250 Å². The van der Waals surface area contributed by atoms with E-state index in [-0.39, 0.29) is 62.4 Å². The predicted molar refractivity (Wildman–Crippen MR) is 323 cm³/mol. The van der Waals surface area contributed by atoms with Gasteiger partial charge in [-0.25, -0.2) is 9.59 Å². The maximum Gasteiger partial charge on any atom is 0.510 e. The fraction of sp³-hybridized carbons (Fsp3) is 0.785. The van der Waals surface area contributed by atoms with Crippen molar-refractivity contribution < 1.29 is 127 Å². The summed E-state index contributed by atoms with van der Waals surface area (Å²) < 4.78 is 61.9. The zero-order valence-electron chi connectivity index (χ0n) is 54.5. The second-order valence-corrected chi connectivity index (χ2v) is 25.8. The molecule has 1 aliphatic carbocycles. The molecule has 1 saturated carbocycles. The summed E-state index contributed by atoms with van der Waals surface area (Å²) in [5, 5.41) is 95.8. The van der Waals surface area contributed by atoms with Gasteiger partial charge in [0.1, 0.15) is 79.5 Å². The number of nitrogens with zero attached hydrogens (tertiary/aromatic N) is 1. The summed E-state index contributed by atoms with van der Waals surface area (Å²) in [6.45, 7) is 11.1. The summed E-state index contributed by atoms with van der Waals surface area (Å²) in [6.07, 6.45) is -10.6. The van der Waals surface area contributed by atoms with E-state index >= 15 is 0 Å². The number of allylic oxidation sites excluding steroid dienone is 6. The minimum absolute atomic E-state index is 0.00944. The van der Waals surface area contributed by atoms with Crippen molar-refractivity contribution in [3.8, 4) is 0 Å². The van der Waals surface area contributed by atoms with Crippen LogP contribution in [0, 0.1) is 35.5 Å². The Bertz CT molecular complexity index is 2560. The summed E-state index contributed by atoms with van der Waals surface area (Å²) in [7, 11) is 4.40. The first kappa shape index (κ1) is 76.5. The minimum Gasteiger partial charge on any atom is -0.460 e. The molecule has 0 spiro atoms. The summed E-state index contributed by atoms with van der Waals surface area (Å²) in [5.74, 6) is -9.04. The van der Waals surface area contributed by atoms with E-state index in [4.69, 9.17) is 52.1 Å². The third-order valence-electron chi connectivity index (χ3n) is 19.0. The van der Waals surface area contributed by atoms with Gasteiger partial charge in [0.25, 0.3) is 11.7 Å². The van der Waals surface area contributed by atoms with Crippen molar-refractivity contribution >= 4 is 35.4 Å². The Morgan fingerprint density at radius 3 is 2.16 bits per heavy atom. The number of amides is 1. The molecule has 4 saturated heterocycles. The van der Waals surface area contributed by atoms with Crippen molar-refractivity contribution in [1.29, 1.82) is 0 Å². The number of methoxy groups -OCH3 is 3. The number of aliphatic hydroxyl groups is 9. The van der Waals surface area contributed by atoms with Gasteiger partial charge in [-0.15, -0.1) is 0 Å². The molecular formula is C65H101NO26. The molecule has 5 aliphatic heterocycles. The molecule has 92 heavy (non-hydrogen) atoms. The first-order valence-electron chi connectivity index (χ1n) is 32.2. The molecule has 9 N–H and O–H groups in total. The lowest BCUT2D eigenvalue weighted by atomic mass is 9.78. The number of Topliss-reactive ketones (excluding diaryl/α,β-unsaturated/α-hetero) is 3. The highest BCUT2D eigenvalue weighted by Gasteiger charge is 2.54. The van der Waals surface area contributed by atoms with Gasteiger partial charge in [0.15, 0.2) is 18.4 Å². The maximum atomic E-state index is 14.7. The average molecular weight is 1310 g/mol. The maximum absolute atomic E-state index is 14.7. The zero-order valence-corrected chi connectivity index (χ0v) is 54.5. The Labute approximate surface area is 537 Å². The molecule has 5 heterocycles. The van der Waals surface area contributed by atoms with E-state index in [2.05, 4.69) is 0 Å². The van der Waals surface area contributed by atoms with Crippen LogP contribution in [0.25, 0.3) is 0 Å². The van der Waals surface area contributed by atoms with Gasteiger partial charge in [0, 0.05) is 58.5 Å². The van der Waals surface area contributed by atoms with E-state index in [0.29, 0.717) is 63.4 Å². The molecule has 4 unspecified atom stereocenters. The molecule has 0 aromatic rings. The van der Waals surface area contributed by atoms with Crippen LogP contribution >= 0.6 is 0 Å². The van der Waals surface area contributed by atoms with Gasteiger partial charge in [-0.1, -0.05) is 71.1 Å². The van der Waals surface area contributed by atoms with E-state index in [9.17, 15) is 74.7 Å². The fourth-order valence-corrected chi connectivity index (χ4v) is 13.1. The summed E-state index contributed by atoms with van der Waals surface area (Å²) in [5.41, 5.74) is 1.16. The first-order valence-corrected chi connectivity index (χ1v) is 32.2. The van der Waals surface area contributed by atoms with Crippen molar-refractivity contribution in [2.45, 2.75) is 242 Å². The molecule has 0 aromatic heterocycles. The number of piperidine rings is 1. The van der Waals surface area contributed by atoms with Crippen LogP contribution in [0.3, 0.4) is 0 Å². The fourth-order valence-electron chi connectivity index (χ4n) is 13.1. The number of carbonyl (C=O) groups is 6. The van der Waals surface area contributed by atoms with Crippen molar-refractivity contribution in [1.82, 2.24) is 4.90 Å². The second kappa shape index (κ2) is 35.5. The lowest BCUT2D eigenvalue weighted by Crippen LogP contribution is -2.64. The van der Waals surface area contributed by atoms with Crippen molar-refractivity contribution in [2.75, 3.05) is 47.7 Å². The number of hydrogen-bond acceptors (Lipinski definition) is 26. The number of aliphatic hydroxyl groups excluding tert-OH is 8. The monoisotopic (exact) mass is 1310 g/mol. The smallest absolute Gasteiger partial charge is 0.460 e. The molecule has 0 aromatic carbocycles. The Kier molecular flexibility index (Phi) is 29.5. The number of carbonyl (C=O) groups excluding carboxylic acids is 6. The van der Waals surface area contributed by atoms with Crippen LogP contribution < -0.4 is 0 Å². The normalized spacial score (nSPS) is 42.1. The zero-order chi connectivity index (χ0) is 67.9. The van der Waals surface area contributed by atoms with Crippen LogP contribution in [0.4, 0.5) is 4.79 Å². The predicted octanol–water partition coefficient (Wildman–Crippen LogP) is 1.94. The molecule has 5 fully saturated rings. The standard InChI is InChI=1S/C65H101NO26/c1-33-16-12-11-13-17-34(2)45(82-8)30-41-21-19-39(7)65(81,92-41)58(76)59(77)66-23-15-14-18-42(66)60(78)87-46(31-43(68)35(3)27-38(6)50(70)56(84-10)49(69)37(5)26-33)36(4)28-40-20-22-44(47(29-40)83-9)85-24-25-86-64(80)91-63-55(75)53(73)57(61(79)90-63)89-62-54(74)52(72)51(71)48(32-67)88-62/h11-13,16-17,27,33,35-37,39-42,44-48,50-57,61-63,67,70-75,79,81H,14-15,18-26,28-32H2,1-10H3/b13-11+,16-12-,34-17+,38-27+/t33-,35-,36-,37-,39-,40?,41+,42?,44-,45+,46+,47-,48-,50-,51-,52+,53-,54-,55-,56+,57+,61+,62?,63?,65-/m1/s1. The van der Waals surface area contributed by atoms with E-state index in [0.717, 1.165) is 10.5 Å². The highest BCUT2D eigenvalue weighted by molar-refractivity contribution is 6.39. The highest BCUT2D eigenvalue weighted by Crippen LogP contribution is 2.39. The van der Waals surface area contributed by atoms with Gasteiger partial charge < -0.3 is 103 Å². The Morgan fingerprint density at radius 2 is 1.48 bits per heavy atom. The highest BCUT2D eigenvalue weighted by atomic mass is 16.8. The third-order valence-corrected chi connectivity index (χ3v) is 19.0. The molecule has 6 aliphatic rings. The van der Waals surface area contributed by atoms with Crippen molar-refractivity contribution in [3.63, 3.8) is 0 Å². The molecule has 0 radical (unpaired) electrons. The molecule has 6 rings (SSSR count). The number of cyclic esters (lactones) is 1. The number of ketones is 3. The molecule has 1 amide bonds. The quantitative estimate of drug-likeness (QED) is 0.0519. The molecule has 27 heteroatoms. The molecular weight excluding hydrogens is 1210 g/mol. The minimum atomic E-state index is -2.51. The summed E-state index contributed by atoms with van der Waals surface area (Å²) >= 11 is 0. The molecule has 27 nitrogen and oxygen atoms in total. The third kappa shape index (κ3) is 19.6. The SMILES string of the molecule is CO[C@H]1C[C@@H]2CC[C@@H](C)[C@@](O)(O2)C(=O)C(=O)N2CCCCC2C(=O)O[C@H]([C@H](C)CC2CC[C@@H](OCCOC(=O)OC3O[C@H](O)[C@@H](OC4O[C@H](CO)[C@@H](O)[C@H](O)[C@H]4O)[C@H](O)[C@H]3O)[C@H](OC)C2)CC(=O)[C@H](C)/C=C(\C)[C@@H](O)[C@@H](OC)C(=O)[C@H](C)C[C@H](C)\C=C/C=C/C=C/1C. The van der Waals surface area contributed by atoms with Crippen LogP contribution in [0.5, 0.6) is 0 Å². The molecule has 522 valence electrons. The topological polar surface area (TPSA) is 389 Å². The van der Waals surface area contributed by atoms with E-state index < -0.39 is 170 Å². The van der Waals surface area contributed by atoms with Crippen LogP contribution in [0.2, 0.25) is 0 Å². The van der Waals surface area contributed by atoms with E-state index in [1.54, 1.807) is 40.9 Å². The Hall–Kier alpha value is -4.50. The lowest BCUT2D eigenvalue weighted by molar-refractivity contribution is -0.378. The Morgan fingerprint density at radius 1 is 0.761 bits per heavy atom. The summed E-state index contributed by atoms with van der Waals surface area (Å²) in [4.78, 5) is 85.7. The van der Waals surface area contributed by atoms with Gasteiger partial charge >= 0.3 is 12.1 Å². The van der Waals surface area contributed by atoms with Crippen LogP contribution in [0.1, 0.15) is 126 Å². The van der Waals surface area contributed by atoms with Gasteiger partial charge in [-0.2, -0.15) is 0 Å². The lowest BCUT2D eigenvalue weighted by Gasteiger charge is -2.44. The number of esters is 1. The molecule has 2 bridgehead atoms. The van der Waals surface area contributed by atoms with Crippen LogP contribution in [0.15, 0.2) is 47.6 Å². The van der Waals surface area contributed by atoms with Gasteiger partial charge in [0.05, 0.1) is 37.6 Å². The Balaban J connectivity index is 1.13. The average Bonchev–Trinajstić information content (AvgIpc) is 0.832. The van der Waals surface area contributed by atoms with Gasteiger partial charge in [-0.05, 0) is 107 Å². The van der Waals surface area contributed by atoms with Crippen molar-refractivity contribution in [2.24, 2.45) is 35.5 Å². The second-order valence-electron chi connectivity index (χ2n) is 25.8. The van der Waals surface area contributed by atoms with E-state index in [1.165, 1.54) is 14.2 Å². The van der Waals surface area contributed by atoms with Gasteiger partial charge in [0.2, 0.25) is 12.1 Å². The first-order chi connectivity index (χ1) is 43.6. The number of hydrogen-bond donors (Lipinski definition) is 9. The van der Waals surface area contributed by atoms with Gasteiger partial charge in [-0.3, -0.25) is 19.2 Å². The number of ether oxygens (including phenoxy) is 11. The van der Waals surface area contributed by atoms with E-state index in [1.807, 2.05) is 51.2 Å². The van der Waals surface area contributed by atoms with Crippen molar-refractivity contribution in [3.05, 3.63) is 47.6 Å². The number of fused-ring (bicyclic) bond motifs is 3. The number of rotatable bonds is 14. The molecule has 25 atom stereocenters. The summed E-state index contributed by atoms with van der Waals surface area (Å²) in [6, 6.07) is -1.25. The van der Waals surface area contributed by atoms with Crippen LogP contribution in [-0.2, 0) is 76.1 Å².